The van der Waals surface area contributed by atoms with Crippen LogP contribution in [0, 0.1) is 11.3 Å². The van der Waals surface area contributed by atoms with Crippen molar-refractivity contribution in [2.75, 3.05) is 13.7 Å². The molecule has 0 saturated carbocycles. The number of hydrogen-bond donors (Lipinski definition) is 0. The average molecular weight is 569 g/mol. The van der Waals surface area contributed by atoms with Crippen LogP contribution < -0.4 is 15.0 Å². The lowest BCUT2D eigenvalue weighted by molar-refractivity contribution is 0.329. The lowest BCUT2D eigenvalue weighted by atomic mass is 10.2. The Kier molecular flexibility index (Phi) is 7.70. The summed E-state index contributed by atoms with van der Waals surface area (Å²) in [5.74, 6) is 1.14. The Morgan fingerprint density at radius 1 is 1.35 bits per heavy atom. The minimum atomic E-state index is -0.269. The maximum Gasteiger partial charge on any atom is 0.282 e. The number of benzene rings is 2. The molecule has 0 fully saturated rings. The molecule has 0 N–H and O–H groups in total. The molecule has 0 aliphatic heterocycles. The van der Waals surface area contributed by atoms with Gasteiger partial charge in [0.05, 0.1) is 24.2 Å². The Morgan fingerprint density at radius 3 is 2.81 bits per heavy atom. The second-order valence-electron chi connectivity index (χ2n) is 6.37. The van der Waals surface area contributed by atoms with Gasteiger partial charge in [0.1, 0.15) is 16.9 Å². The zero-order valence-corrected chi connectivity index (χ0v) is 20.6. The number of rotatable bonds is 7. The van der Waals surface area contributed by atoms with Crippen LogP contribution >= 0.6 is 43.5 Å². The first-order valence-corrected chi connectivity index (χ1v) is 11.2. The van der Waals surface area contributed by atoms with Crippen molar-refractivity contribution in [3.8, 4) is 17.6 Å². The fraction of sp³-hybridized carbons (Fsp3) is 0.238. The van der Waals surface area contributed by atoms with Gasteiger partial charge in [0.2, 0.25) is 0 Å². The molecule has 160 valence electrons. The van der Waals surface area contributed by atoms with Crippen molar-refractivity contribution in [3.05, 3.63) is 60.0 Å². The fourth-order valence-electron chi connectivity index (χ4n) is 2.91. The number of fused-ring (bicyclic) bond motifs is 1. The van der Waals surface area contributed by atoms with Crippen LogP contribution in [0.2, 0.25) is 5.02 Å². The van der Waals surface area contributed by atoms with Crippen molar-refractivity contribution < 1.29 is 9.47 Å². The van der Waals surface area contributed by atoms with Gasteiger partial charge in [-0.3, -0.25) is 4.79 Å². The van der Waals surface area contributed by atoms with Gasteiger partial charge in [-0.05, 0) is 46.6 Å². The fourth-order valence-corrected chi connectivity index (χ4v) is 3.92. The van der Waals surface area contributed by atoms with Gasteiger partial charge in [0.25, 0.3) is 5.56 Å². The van der Waals surface area contributed by atoms with E-state index in [0.717, 1.165) is 10.9 Å². The highest BCUT2D eigenvalue weighted by atomic mass is 79.9. The van der Waals surface area contributed by atoms with E-state index in [2.05, 4.69) is 41.9 Å². The molecule has 0 aliphatic carbocycles. The topological polar surface area (TPSA) is 89.5 Å². The minimum absolute atomic E-state index is 0.177. The Labute approximate surface area is 200 Å². The van der Waals surface area contributed by atoms with Crippen molar-refractivity contribution in [2.24, 2.45) is 5.10 Å². The molecule has 2 aromatic carbocycles. The predicted molar refractivity (Wildman–Crippen MR) is 128 cm³/mol. The van der Waals surface area contributed by atoms with E-state index in [0.29, 0.717) is 38.9 Å². The summed E-state index contributed by atoms with van der Waals surface area (Å²) in [4.78, 5) is 17.7. The SMILES string of the molecule is CCCc1nc2ccc(Br)cc2c(=O)n1N=Cc1cc(OC)c(OCC#N)c(Cl)c1Br. The van der Waals surface area contributed by atoms with E-state index in [1.807, 2.05) is 19.1 Å². The van der Waals surface area contributed by atoms with Gasteiger partial charge < -0.3 is 9.47 Å². The molecule has 0 aliphatic rings. The van der Waals surface area contributed by atoms with E-state index in [4.69, 9.17) is 26.3 Å². The van der Waals surface area contributed by atoms with Gasteiger partial charge >= 0.3 is 0 Å². The summed E-state index contributed by atoms with van der Waals surface area (Å²) in [5.41, 5.74) is 0.914. The number of halogens is 3. The van der Waals surface area contributed by atoms with E-state index < -0.39 is 0 Å². The van der Waals surface area contributed by atoms with E-state index >= 15 is 0 Å². The number of methoxy groups -OCH3 is 1. The summed E-state index contributed by atoms with van der Waals surface area (Å²) in [5, 5.41) is 13.9. The molecule has 0 saturated heterocycles. The zero-order valence-electron chi connectivity index (χ0n) is 16.7. The molecule has 3 aromatic rings. The van der Waals surface area contributed by atoms with Crippen molar-refractivity contribution in [1.82, 2.24) is 9.66 Å². The molecule has 0 amide bonds. The summed E-state index contributed by atoms with van der Waals surface area (Å²) in [6.45, 7) is 1.83. The highest BCUT2D eigenvalue weighted by Gasteiger charge is 2.17. The van der Waals surface area contributed by atoms with Crippen molar-refractivity contribution >= 4 is 60.6 Å². The van der Waals surface area contributed by atoms with E-state index in [1.54, 1.807) is 18.2 Å². The molecule has 0 bridgehead atoms. The van der Waals surface area contributed by atoms with Crippen LogP contribution in [0.5, 0.6) is 11.5 Å². The highest BCUT2D eigenvalue weighted by Crippen LogP contribution is 2.42. The Hall–Kier alpha value is -2.41. The summed E-state index contributed by atoms with van der Waals surface area (Å²) in [7, 11) is 1.47. The van der Waals surface area contributed by atoms with Gasteiger partial charge in [0.15, 0.2) is 18.1 Å². The molecule has 3 rings (SSSR count). The Morgan fingerprint density at radius 2 is 2.13 bits per heavy atom. The maximum atomic E-state index is 13.1. The summed E-state index contributed by atoms with van der Waals surface area (Å²) < 4.78 is 13.3. The molecular weight excluding hydrogens is 552 g/mol. The van der Waals surface area contributed by atoms with Gasteiger partial charge in [0, 0.05) is 20.9 Å². The number of ether oxygens (including phenoxy) is 2. The average Bonchev–Trinajstić information content (AvgIpc) is 2.76. The van der Waals surface area contributed by atoms with Crippen LogP contribution in [0.25, 0.3) is 10.9 Å². The summed E-state index contributed by atoms with van der Waals surface area (Å²) in [6, 6.07) is 8.92. The van der Waals surface area contributed by atoms with E-state index in [-0.39, 0.29) is 22.9 Å². The van der Waals surface area contributed by atoms with Gasteiger partial charge in [-0.15, -0.1) is 0 Å². The van der Waals surface area contributed by atoms with E-state index in [9.17, 15) is 4.79 Å². The van der Waals surface area contributed by atoms with Crippen LogP contribution in [0.15, 0.2) is 43.1 Å². The second kappa shape index (κ2) is 10.3. The number of hydrogen-bond acceptors (Lipinski definition) is 6. The van der Waals surface area contributed by atoms with E-state index in [1.165, 1.54) is 18.0 Å². The minimum Gasteiger partial charge on any atom is -0.493 e. The number of nitrogens with zero attached hydrogens (tertiary/aromatic N) is 4. The Balaban J connectivity index is 2.14. The van der Waals surface area contributed by atoms with Gasteiger partial charge in [-0.2, -0.15) is 15.0 Å². The molecule has 31 heavy (non-hydrogen) atoms. The lowest BCUT2D eigenvalue weighted by Gasteiger charge is -2.13. The maximum absolute atomic E-state index is 13.1. The number of aromatic nitrogens is 2. The highest BCUT2D eigenvalue weighted by molar-refractivity contribution is 9.10. The quantitative estimate of drug-likeness (QED) is 0.360. The normalized spacial score (nSPS) is 11.1. The standard InChI is InChI=1S/C21H17Br2ClN4O3/c1-3-4-17-27-15-6-5-13(22)10-14(15)21(29)28(17)26-11-12-9-16(30-2)20(31-8-7-25)19(24)18(12)23/h5-6,9-11H,3-4,8H2,1-2H3. The second-order valence-corrected chi connectivity index (χ2v) is 8.46. The lowest BCUT2D eigenvalue weighted by Crippen LogP contribution is -2.22. The summed E-state index contributed by atoms with van der Waals surface area (Å²) >= 11 is 13.2. The molecule has 7 nitrogen and oxygen atoms in total. The van der Waals surface area contributed by atoms with Crippen LogP contribution in [-0.4, -0.2) is 29.6 Å². The third kappa shape index (κ3) is 4.92. The first kappa shape index (κ1) is 23.3. The van der Waals surface area contributed by atoms with Crippen LogP contribution in [-0.2, 0) is 6.42 Å². The molecule has 0 spiro atoms. The third-order valence-electron chi connectivity index (χ3n) is 4.32. The molecule has 1 heterocycles. The van der Waals surface area contributed by atoms with Crippen molar-refractivity contribution in [3.63, 3.8) is 0 Å². The molecule has 0 unspecified atom stereocenters. The predicted octanol–water partition coefficient (Wildman–Crippen LogP) is 5.32. The third-order valence-corrected chi connectivity index (χ3v) is 6.25. The van der Waals surface area contributed by atoms with Crippen LogP contribution in [0.4, 0.5) is 0 Å². The molecule has 0 atom stereocenters. The largest absolute Gasteiger partial charge is 0.493 e. The van der Waals surface area contributed by atoms with Gasteiger partial charge in [-0.25, -0.2) is 4.98 Å². The molecule has 0 radical (unpaired) electrons. The molecule has 10 heteroatoms. The first-order valence-electron chi connectivity index (χ1n) is 9.22. The molecule has 1 aromatic heterocycles. The van der Waals surface area contributed by atoms with Crippen LogP contribution in [0.1, 0.15) is 24.7 Å². The Bertz CT molecular complexity index is 1270. The monoisotopic (exact) mass is 566 g/mol. The zero-order chi connectivity index (χ0) is 22.5. The molecular formula is C21H17Br2ClN4O3. The smallest absolute Gasteiger partial charge is 0.282 e. The number of aryl methyl sites for hydroxylation is 1. The first-order chi connectivity index (χ1) is 14.9. The van der Waals surface area contributed by atoms with Gasteiger partial charge in [-0.1, -0.05) is 34.5 Å². The van der Waals surface area contributed by atoms with Crippen molar-refractivity contribution in [2.45, 2.75) is 19.8 Å². The van der Waals surface area contributed by atoms with Crippen molar-refractivity contribution in [1.29, 1.82) is 5.26 Å². The number of nitriles is 1. The summed E-state index contributed by atoms with van der Waals surface area (Å²) in [6.07, 6.45) is 2.89. The van der Waals surface area contributed by atoms with Crippen LogP contribution in [0.3, 0.4) is 0 Å².